The molecular weight excluding hydrogens is 485 g/mol. The molecule has 5 rings (SSSR count). The number of anilines is 1. The highest BCUT2D eigenvalue weighted by Gasteiger charge is 2.31. The molecule has 0 aliphatic heterocycles. The average molecular weight is 511 g/mol. The second-order valence-corrected chi connectivity index (χ2v) is 8.78. The van der Waals surface area contributed by atoms with Gasteiger partial charge in [-0.3, -0.25) is 5.21 Å². The molecule has 192 valence electrons. The normalized spacial score (nSPS) is 13.0. The molecule has 1 heterocycles. The van der Waals surface area contributed by atoms with E-state index >= 15 is 0 Å². The maximum absolute atomic E-state index is 12.2. The summed E-state index contributed by atoms with van der Waals surface area (Å²) in [6.45, 7) is 2.02. The molecule has 6 nitrogen and oxygen atoms in total. The first kappa shape index (κ1) is 26.0. The first-order chi connectivity index (χ1) is 17.6. The number of ether oxygens (including phenoxy) is 1. The summed E-state index contributed by atoms with van der Waals surface area (Å²) in [5, 5.41) is 22.0. The van der Waals surface area contributed by atoms with E-state index in [0.717, 1.165) is 39.9 Å². The predicted octanol–water partition coefficient (Wildman–Crippen LogP) is 7.10. The van der Waals surface area contributed by atoms with Gasteiger partial charge < -0.3 is 9.84 Å². The van der Waals surface area contributed by atoms with Crippen molar-refractivity contribution in [3.63, 3.8) is 0 Å². The first-order valence-corrected chi connectivity index (χ1v) is 11.6. The Morgan fingerprint density at radius 1 is 1.03 bits per heavy atom. The minimum Gasteiger partial charge on any atom is -0.478 e. The van der Waals surface area contributed by atoms with Crippen molar-refractivity contribution in [1.29, 1.82) is 0 Å². The van der Waals surface area contributed by atoms with Crippen molar-refractivity contribution in [3.05, 3.63) is 101 Å². The summed E-state index contributed by atoms with van der Waals surface area (Å²) in [7, 11) is 0. The van der Waals surface area contributed by atoms with Gasteiger partial charge in [0.15, 0.2) is 5.82 Å². The molecule has 0 atom stereocenters. The largest absolute Gasteiger partial charge is 0.573 e. The molecule has 2 N–H and O–H groups in total. The summed E-state index contributed by atoms with van der Waals surface area (Å²) in [5.41, 5.74) is 3.03. The number of pyridine rings is 1. The van der Waals surface area contributed by atoms with E-state index in [0.29, 0.717) is 22.9 Å². The fourth-order valence-corrected chi connectivity index (χ4v) is 3.76. The maximum Gasteiger partial charge on any atom is 0.573 e. The van der Waals surface area contributed by atoms with Gasteiger partial charge in [-0.2, -0.15) is 0 Å². The van der Waals surface area contributed by atoms with Crippen molar-refractivity contribution in [1.82, 2.24) is 4.98 Å². The van der Waals surface area contributed by atoms with Crippen LogP contribution in [0.1, 0.15) is 45.9 Å². The Kier molecular flexibility index (Phi) is 7.63. The summed E-state index contributed by atoms with van der Waals surface area (Å²) in [6, 6.07) is 21.9. The topological polar surface area (TPSA) is 82.9 Å². The number of rotatable bonds is 6. The molecule has 1 saturated carbocycles. The molecule has 3 aromatic carbocycles. The fraction of sp³-hybridized carbons (Fsp3) is 0.214. The van der Waals surface area contributed by atoms with Crippen LogP contribution in [0.5, 0.6) is 5.75 Å². The number of aromatic carboxylic acids is 1. The zero-order valence-corrected chi connectivity index (χ0v) is 19.9. The SMILES string of the molecule is Cc1ccc(C(=O)O)cc1.ON(Cc1ccc(OC(F)(F)F)cc1)c1cc2ccccc2c(C2CC2)n1. The van der Waals surface area contributed by atoms with Crippen LogP contribution in [0.15, 0.2) is 78.9 Å². The molecule has 1 aliphatic carbocycles. The van der Waals surface area contributed by atoms with E-state index in [1.54, 1.807) is 24.3 Å². The van der Waals surface area contributed by atoms with Crippen LogP contribution in [-0.4, -0.2) is 27.6 Å². The molecular formula is C28H25F3N2O4. The second-order valence-electron chi connectivity index (χ2n) is 8.78. The Labute approximate surface area is 211 Å². The second kappa shape index (κ2) is 10.9. The number of halogens is 3. The van der Waals surface area contributed by atoms with E-state index in [-0.39, 0.29) is 12.3 Å². The number of carboxylic acid groups (broad SMARTS) is 1. The molecule has 1 aromatic heterocycles. The number of aromatic nitrogens is 1. The van der Waals surface area contributed by atoms with E-state index in [2.05, 4.69) is 9.72 Å². The molecule has 0 bridgehead atoms. The van der Waals surface area contributed by atoms with Crippen molar-refractivity contribution >= 4 is 22.6 Å². The predicted molar refractivity (Wildman–Crippen MR) is 133 cm³/mol. The molecule has 0 saturated heterocycles. The van der Waals surface area contributed by atoms with Crippen LogP contribution in [-0.2, 0) is 6.54 Å². The standard InChI is InChI=1S/C20H17F3N2O2.C8H8O2/c21-20(22,23)27-16-9-5-13(6-10-16)12-25(26)18-11-15-3-1-2-4-17(15)19(24-18)14-7-8-14;1-6-2-4-7(5-3-6)8(9)10/h1-6,9-11,14,26H,7-8,12H2;2-5H,1H3,(H,9,10). The number of hydrogen-bond donors (Lipinski definition) is 2. The van der Waals surface area contributed by atoms with Crippen LogP contribution >= 0.6 is 0 Å². The van der Waals surface area contributed by atoms with E-state index in [1.807, 2.05) is 37.3 Å². The highest BCUT2D eigenvalue weighted by atomic mass is 19.4. The van der Waals surface area contributed by atoms with Gasteiger partial charge in [-0.15, -0.1) is 13.2 Å². The number of carbonyl (C=O) groups is 1. The minimum atomic E-state index is -4.72. The van der Waals surface area contributed by atoms with Crippen molar-refractivity contribution in [2.24, 2.45) is 0 Å². The Balaban J connectivity index is 0.000000270. The Morgan fingerprint density at radius 2 is 1.68 bits per heavy atom. The summed E-state index contributed by atoms with van der Waals surface area (Å²) < 4.78 is 40.5. The van der Waals surface area contributed by atoms with Gasteiger partial charge in [0.05, 0.1) is 17.8 Å². The molecule has 1 aliphatic rings. The Bertz CT molecular complexity index is 1370. The number of fused-ring (bicyclic) bond motifs is 1. The number of carboxylic acids is 1. The minimum absolute atomic E-state index is 0.0990. The zero-order valence-electron chi connectivity index (χ0n) is 19.9. The number of nitrogens with zero attached hydrogens (tertiary/aromatic N) is 2. The van der Waals surface area contributed by atoms with Gasteiger partial charge in [0, 0.05) is 11.3 Å². The number of aryl methyl sites for hydroxylation is 1. The van der Waals surface area contributed by atoms with Gasteiger partial charge in [0.1, 0.15) is 5.75 Å². The highest BCUT2D eigenvalue weighted by Crippen LogP contribution is 2.43. The molecule has 1 fully saturated rings. The average Bonchev–Trinajstić information content (AvgIpc) is 3.70. The molecule has 0 spiro atoms. The third-order valence-electron chi connectivity index (χ3n) is 5.77. The molecule has 37 heavy (non-hydrogen) atoms. The number of alkyl halides is 3. The van der Waals surface area contributed by atoms with Crippen molar-refractivity contribution < 1.29 is 33.0 Å². The van der Waals surface area contributed by atoms with Gasteiger partial charge in [0.25, 0.3) is 0 Å². The number of hydrogen-bond acceptors (Lipinski definition) is 5. The maximum atomic E-state index is 12.2. The summed E-state index contributed by atoms with van der Waals surface area (Å²) in [4.78, 5) is 14.9. The van der Waals surface area contributed by atoms with Crippen molar-refractivity contribution in [2.45, 2.75) is 38.6 Å². The van der Waals surface area contributed by atoms with Gasteiger partial charge in [-0.1, -0.05) is 54.1 Å². The van der Waals surface area contributed by atoms with Crippen LogP contribution < -0.4 is 9.80 Å². The van der Waals surface area contributed by atoms with Crippen LogP contribution in [0.2, 0.25) is 0 Å². The molecule has 0 radical (unpaired) electrons. The first-order valence-electron chi connectivity index (χ1n) is 11.6. The van der Waals surface area contributed by atoms with E-state index in [9.17, 15) is 23.2 Å². The molecule has 0 amide bonds. The highest BCUT2D eigenvalue weighted by molar-refractivity contribution is 5.88. The van der Waals surface area contributed by atoms with Gasteiger partial charge >= 0.3 is 12.3 Å². The third kappa shape index (κ3) is 7.20. The summed E-state index contributed by atoms with van der Waals surface area (Å²) in [5.74, 6) is -0.330. The lowest BCUT2D eigenvalue weighted by Crippen LogP contribution is -2.19. The monoisotopic (exact) mass is 510 g/mol. The van der Waals surface area contributed by atoms with E-state index in [4.69, 9.17) is 5.11 Å². The van der Waals surface area contributed by atoms with Crippen LogP contribution in [0.3, 0.4) is 0 Å². The molecule has 0 unspecified atom stereocenters. The molecule has 9 heteroatoms. The quantitative estimate of drug-likeness (QED) is 0.269. The Hall–Kier alpha value is -4.11. The van der Waals surface area contributed by atoms with Gasteiger partial charge in [0.2, 0.25) is 0 Å². The summed E-state index contributed by atoms with van der Waals surface area (Å²) >= 11 is 0. The lowest BCUT2D eigenvalue weighted by Gasteiger charge is -2.18. The zero-order chi connectivity index (χ0) is 26.6. The van der Waals surface area contributed by atoms with Crippen LogP contribution in [0, 0.1) is 6.92 Å². The van der Waals surface area contributed by atoms with Crippen LogP contribution in [0.25, 0.3) is 10.8 Å². The van der Waals surface area contributed by atoms with E-state index < -0.39 is 12.3 Å². The van der Waals surface area contributed by atoms with E-state index in [1.165, 1.54) is 24.3 Å². The smallest absolute Gasteiger partial charge is 0.478 e. The van der Waals surface area contributed by atoms with Crippen molar-refractivity contribution in [2.75, 3.05) is 5.06 Å². The number of benzene rings is 3. The summed E-state index contributed by atoms with van der Waals surface area (Å²) in [6.07, 6.45) is -2.54. The third-order valence-corrected chi connectivity index (χ3v) is 5.77. The lowest BCUT2D eigenvalue weighted by atomic mass is 10.1. The van der Waals surface area contributed by atoms with Gasteiger partial charge in [-0.05, 0) is 61.0 Å². The Morgan fingerprint density at radius 3 is 2.27 bits per heavy atom. The fourth-order valence-electron chi connectivity index (χ4n) is 3.76. The molecule has 4 aromatic rings. The number of hydroxylamine groups is 1. The van der Waals surface area contributed by atoms with Crippen LogP contribution in [0.4, 0.5) is 19.0 Å². The van der Waals surface area contributed by atoms with Gasteiger partial charge in [-0.25, -0.2) is 14.8 Å². The van der Waals surface area contributed by atoms with Crippen molar-refractivity contribution in [3.8, 4) is 5.75 Å². The lowest BCUT2D eigenvalue weighted by molar-refractivity contribution is -0.274.